The van der Waals surface area contributed by atoms with Crippen LogP contribution in [-0.2, 0) is 9.53 Å². The van der Waals surface area contributed by atoms with Gasteiger partial charge in [0.05, 0.1) is 6.04 Å². The molecular weight excluding hydrogens is 250 g/mol. The highest BCUT2D eigenvalue weighted by Gasteiger charge is 2.35. The fourth-order valence-corrected chi connectivity index (χ4v) is 2.09. The summed E-state index contributed by atoms with van der Waals surface area (Å²) in [5, 5.41) is 2.71. The summed E-state index contributed by atoms with van der Waals surface area (Å²) in [6.07, 6.45) is 4.10. The summed E-state index contributed by atoms with van der Waals surface area (Å²) < 4.78 is 5.19. The van der Waals surface area contributed by atoms with Crippen molar-refractivity contribution < 1.29 is 14.3 Å². The summed E-state index contributed by atoms with van der Waals surface area (Å²) in [7, 11) is 0. The third kappa shape index (κ3) is 5.76. The number of amides is 1. The number of alkyl carbamates (subject to hydrolysis) is 1. The molecule has 0 heterocycles. The lowest BCUT2D eigenvalue weighted by molar-refractivity contribution is -0.122. The second-order valence-electron chi connectivity index (χ2n) is 5.66. The molecule has 1 amide bonds. The van der Waals surface area contributed by atoms with Crippen molar-refractivity contribution >= 4 is 23.6 Å². The molecule has 18 heavy (non-hydrogen) atoms. The van der Waals surface area contributed by atoms with Gasteiger partial charge in [-0.15, -0.1) is 0 Å². The van der Waals surface area contributed by atoms with E-state index in [0.717, 1.165) is 18.6 Å². The van der Waals surface area contributed by atoms with E-state index in [0.29, 0.717) is 6.42 Å². The Morgan fingerprint density at radius 1 is 1.39 bits per heavy atom. The Morgan fingerprint density at radius 2 is 2.00 bits per heavy atom. The highest BCUT2D eigenvalue weighted by molar-refractivity contribution is 7.98. The Balaban J connectivity index is 2.49. The molecular formula is C13H23NO3S. The molecule has 4 nitrogen and oxygen atoms in total. The first-order valence-electron chi connectivity index (χ1n) is 6.35. The molecule has 1 atom stereocenters. The monoisotopic (exact) mass is 273 g/mol. The van der Waals surface area contributed by atoms with Gasteiger partial charge in [-0.25, -0.2) is 4.79 Å². The Morgan fingerprint density at radius 3 is 2.44 bits per heavy atom. The Hall–Kier alpha value is -0.710. The van der Waals surface area contributed by atoms with Gasteiger partial charge in [0, 0.05) is 5.92 Å². The summed E-state index contributed by atoms with van der Waals surface area (Å²) in [6.45, 7) is 5.44. The van der Waals surface area contributed by atoms with Gasteiger partial charge in [-0.2, -0.15) is 11.8 Å². The molecule has 0 aromatic rings. The van der Waals surface area contributed by atoms with Crippen LogP contribution in [0.15, 0.2) is 0 Å². The Bertz CT molecular complexity index is 308. The first-order chi connectivity index (χ1) is 8.33. The molecule has 1 saturated carbocycles. The van der Waals surface area contributed by atoms with Crippen LogP contribution in [0.25, 0.3) is 0 Å². The highest BCUT2D eigenvalue weighted by Crippen LogP contribution is 2.31. The molecule has 0 saturated heterocycles. The fraction of sp³-hybridized carbons (Fsp3) is 0.846. The van der Waals surface area contributed by atoms with E-state index >= 15 is 0 Å². The van der Waals surface area contributed by atoms with E-state index in [1.54, 1.807) is 11.8 Å². The molecule has 0 bridgehead atoms. The summed E-state index contributed by atoms with van der Waals surface area (Å²) >= 11 is 1.68. The molecule has 0 radical (unpaired) electrons. The van der Waals surface area contributed by atoms with Crippen LogP contribution in [0.2, 0.25) is 0 Å². The van der Waals surface area contributed by atoms with E-state index in [2.05, 4.69) is 5.32 Å². The minimum Gasteiger partial charge on any atom is -0.444 e. The van der Waals surface area contributed by atoms with E-state index in [9.17, 15) is 9.59 Å². The van der Waals surface area contributed by atoms with Gasteiger partial charge in [0.25, 0.3) is 0 Å². The minimum absolute atomic E-state index is 0.159. The topological polar surface area (TPSA) is 55.4 Å². The van der Waals surface area contributed by atoms with Crippen LogP contribution in [-0.4, -0.2) is 35.5 Å². The van der Waals surface area contributed by atoms with Gasteiger partial charge in [-0.05, 0) is 52.0 Å². The molecule has 1 rings (SSSR count). The van der Waals surface area contributed by atoms with Crippen molar-refractivity contribution in [2.75, 3.05) is 12.0 Å². The molecule has 1 N–H and O–H groups in total. The smallest absolute Gasteiger partial charge is 0.408 e. The summed E-state index contributed by atoms with van der Waals surface area (Å²) in [4.78, 5) is 23.7. The van der Waals surface area contributed by atoms with Crippen molar-refractivity contribution in [3.63, 3.8) is 0 Å². The van der Waals surface area contributed by atoms with Crippen molar-refractivity contribution in [3.8, 4) is 0 Å². The van der Waals surface area contributed by atoms with Crippen LogP contribution < -0.4 is 5.32 Å². The molecule has 104 valence electrons. The average Bonchev–Trinajstić information content (AvgIpc) is 3.04. The molecule has 1 aliphatic carbocycles. The SMILES string of the molecule is CSCCC(NC(=O)OC(C)(C)C)C(=O)C1CC1. The maximum atomic E-state index is 12.0. The van der Waals surface area contributed by atoms with E-state index in [4.69, 9.17) is 4.74 Å². The third-order valence-electron chi connectivity index (χ3n) is 2.62. The Kier molecular flexibility index (Phi) is 5.50. The Labute approximate surface area is 113 Å². The molecule has 5 heteroatoms. The normalized spacial score (nSPS) is 17.1. The predicted molar refractivity (Wildman–Crippen MR) is 73.9 cm³/mol. The number of nitrogens with one attached hydrogen (secondary N) is 1. The average molecular weight is 273 g/mol. The quantitative estimate of drug-likeness (QED) is 0.808. The van der Waals surface area contributed by atoms with Crippen molar-refractivity contribution in [2.45, 2.75) is 51.7 Å². The van der Waals surface area contributed by atoms with E-state index in [-0.39, 0.29) is 17.7 Å². The van der Waals surface area contributed by atoms with Crippen LogP contribution in [0.1, 0.15) is 40.0 Å². The van der Waals surface area contributed by atoms with Crippen molar-refractivity contribution in [2.24, 2.45) is 5.92 Å². The fourth-order valence-electron chi connectivity index (χ4n) is 1.62. The molecule has 0 aromatic carbocycles. The lowest BCUT2D eigenvalue weighted by atomic mass is 10.1. The number of hydrogen-bond acceptors (Lipinski definition) is 4. The van der Waals surface area contributed by atoms with Crippen molar-refractivity contribution in [1.82, 2.24) is 5.32 Å². The van der Waals surface area contributed by atoms with E-state index < -0.39 is 11.7 Å². The predicted octanol–water partition coefficient (Wildman–Crippen LogP) is 2.61. The summed E-state index contributed by atoms with van der Waals surface area (Å²) in [6, 6.07) is -0.389. The van der Waals surface area contributed by atoms with Gasteiger partial charge in [-0.3, -0.25) is 4.79 Å². The summed E-state index contributed by atoms with van der Waals surface area (Å²) in [5.74, 6) is 1.18. The standard InChI is InChI=1S/C13H23NO3S/c1-13(2,3)17-12(16)14-10(7-8-18-4)11(15)9-5-6-9/h9-10H,5-8H2,1-4H3,(H,14,16). The van der Waals surface area contributed by atoms with Gasteiger partial charge in [0.1, 0.15) is 5.60 Å². The highest BCUT2D eigenvalue weighted by atomic mass is 32.2. The molecule has 0 aliphatic heterocycles. The maximum absolute atomic E-state index is 12.0. The van der Waals surface area contributed by atoms with E-state index in [1.807, 2.05) is 27.0 Å². The molecule has 0 aromatic heterocycles. The molecule has 1 aliphatic rings. The van der Waals surface area contributed by atoms with Crippen molar-refractivity contribution in [1.29, 1.82) is 0 Å². The summed E-state index contributed by atoms with van der Waals surface area (Å²) in [5.41, 5.74) is -0.531. The minimum atomic E-state index is -0.531. The van der Waals surface area contributed by atoms with Crippen molar-refractivity contribution in [3.05, 3.63) is 0 Å². The first-order valence-corrected chi connectivity index (χ1v) is 7.75. The van der Waals surface area contributed by atoms with Gasteiger partial charge in [0.2, 0.25) is 0 Å². The molecule has 1 unspecified atom stereocenters. The number of ketones is 1. The largest absolute Gasteiger partial charge is 0.444 e. The number of ether oxygens (including phenoxy) is 1. The maximum Gasteiger partial charge on any atom is 0.408 e. The van der Waals surface area contributed by atoms with Crippen LogP contribution in [0.5, 0.6) is 0 Å². The van der Waals surface area contributed by atoms with Gasteiger partial charge >= 0.3 is 6.09 Å². The number of Topliss-reactive ketones (excluding diaryl/α,β-unsaturated/α-hetero) is 1. The van der Waals surface area contributed by atoms with E-state index in [1.165, 1.54) is 0 Å². The zero-order valence-electron chi connectivity index (χ0n) is 11.6. The molecule has 0 spiro atoms. The second-order valence-corrected chi connectivity index (χ2v) is 6.64. The van der Waals surface area contributed by atoms with Gasteiger partial charge in [-0.1, -0.05) is 0 Å². The van der Waals surface area contributed by atoms with Gasteiger partial charge < -0.3 is 10.1 Å². The first kappa shape index (κ1) is 15.3. The van der Waals surface area contributed by atoms with Crippen LogP contribution in [0.3, 0.4) is 0 Å². The number of thioether (sulfide) groups is 1. The van der Waals surface area contributed by atoms with Crippen LogP contribution in [0, 0.1) is 5.92 Å². The number of carbonyl (C=O) groups excluding carboxylic acids is 2. The number of carbonyl (C=O) groups is 2. The number of hydrogen-bond donors (Lipinski definition) is 1. The lowest BCUT2D eigenvalue weighted by Gasteiger charge is -2.23. The molecule has 1 fully saturated rings. The number of rotatable bonds is 6. The lowest BCUT2D eigenvalue weighted by Crippen LogP contribution is -2.44. The van der Waals surface area contributed by atoms with Crippen LogP contribution in [0.4, 0.5) is 4.79 Å². The second kappa shape index (κ2) is 6.45. The third-order valence-corrected chi connectivity index (χ3v) is 3.27. The zero-order valence-corrected chi connectivity index (χ0v) is 12.4. The van der Waals surface area contributed by atoms with Crippen LogP contribution >= 0.6 is 11.8 Å². The zero-order chi connectivity index (χ0) is 13.8. The van der Waals surface area contributed by atoms with Gasteiger partial charge in [0.15, 0.2) is 5.78 Å².